The minimum atomic E-state index is 0.357. The Kier molecular flexibility index (Phi) is 6.19. The zero-order chi connectivity index (χ0) is 12.7. The Morgan fingerprint density at radius 2 is 1.94 bits per heavy atom. The van der Waals surface area contributed by atoms with Gasteiger partial charge in [0.15, 0.2) is 0 Å². The Morgan fingerprint density at radius 3 is 2.47 bits per heavy atom. The second-order valence-corrected chi connectivity index (χ2v) is 4.64. The van der Waals surface area contributed by atoms with E-state index in [-0.39, 0.29) is 0 Å². The standard InChI is InChI=1S/C14H24N2O/c1-12(11-17-3)14(9-15)16(2)10-13-7-5-4-6-8-13/h4-8,12,14H,9-11,15H2,1-3H3. The molecule has 96 valence electrons. The van der Waals surface area contributed by atoms with E-state index in [4.69, 9.17) is 10.5 Å². The van der Waals surface area contributed by atoms with Crippen LogP contribution in [0.5, 0.6) is 0 Å². The summed E-state index contributed by atoms with van der Waals surface area (Å²) in [7, 11) is 3.86. The molecule has 0 fully saturated rings. The van der Waals surface area contributed by atoms with Gasteiger partial charge in [-0.3, -0.25) is 4.90 Å². The van der Waals surface area contributed by atoms with Crippen LogP contribution in [0, 0.1) is 5.92 Å². The van der Waals surface area contributed by atoms with Crippen molar-refractivity contribution in [2.75, 3.05) is 27.3 Å². The average molecular weight is 236 g/mol. The first-order chi connectivity index (χ1) is 8.19. The van der Waals surface area contributed by atoms with Crippen molar-refractivity contribution in [1.82, 2.24) is 4.90 Å². The van der Waals surface area contributed by atoms with Gasteiger partial charge in [0.2, 0.25) is 0 Å². The Labute approximate surface area is 105 Å². The summed E-state index contributed by atoms with van der Waals surface area (Å²) in [6, 6.07) is 10.8. The Hall–Kier alpha value is -0.900. The number of rotatable bonds is 7. The summed E-state index contributed by atoms with van der Waals surface area (Å²) in [6.07, 6.45) is 0. The first-order valence-electron chi connectivity index (χ1n) is 6.12. The maximum atomic E-state index is 5.86. The predicted octanol–water partition coefficient (Wildman–Crippen LogP) is 1.73. The summed E-state index contributed by atoms with van der Waals surface area (Å²) in [6.45, 7) is 4.52. The van der Waals surface area contributed by atoms with Crippen LogP contribution in [0.25, 0.3) is 0 Å². The van der Waals surface area contributed by atoms with Gasteiger partial charge in [-0.1, -0.05) is 37.3 Å². The van der Waals surface area contributed by atoms with Crippen LogP contribution in [0.15, 0.2) is 30.3 Å². The fraction of sp³-hybridized carbons (Fsp3) is 0.571. The quantitative estimate of drug-likeness (QED) is 0.783. The third kappa shape index (κ3) is 4.46. The SMILES string of the molecule is COCC(C)C(CN)N(C)Cc1ccccc1. The number of nitrogens with zero attached hydrogens (tertiary/aromatic N) is 1. The predicted molar refractivity (Wildman–Crippen MR) is 71.8 cm³/mol. The summed E-state index contributed by atoms with van der Waals surface area (Å²) in [5.41, 5.74) is 7.18. The third-order valence-electron chi connectivity index (χ3n) is 3.17. The van der Waals surface area contributed by atoms with E-state index in [2.05, 4.69) is 43.1 Å². The molecule has 17 heavy (non-hydrogen) atoms. The zero-order valence-corrected chi connectivity index (χ0v) is 11.1. The smallest absolute Gasteiger partial charge is 0.0503 e. The summed E-state index contributed by atoms with van der Waals surface area (Å²) in [5, 5.41) is 0. The van der Waals surface area contributed by atoms with Gasteiger partial charge in [-0.2, -0.15) is 0 Å². The molecule has 0 spiro atoms. The lowest BCUT2D eigenvalue weighted by Crippen LogP contribution is -2.43. The number of benzene rings is 1. The molecule has 0 saturated carbocycles. The van der Waals surface area contributed by atoms with Crippen molar-refractivity contribution in [3.05, 3.63) is 35.9 Å². The molecule has 0 heterocycles. The summed E-state index contributed by atoms with van der Waals surface area (Å²) < 4.78 is 5.20. The van der Waals surface area contributed by atoms with Crippen LogP contribution in [0.4, 0.5) is 0 Å². The number of likely N-dealkylation sites (N-methyl/N-ethyl adjacent to an activating group) is 1. The van der Waals surface area contributed by atoms with Gasteiger partial charge in [0.25, 0.3) is 0 Å². The minimum absolute atomic E-state index is 0.357. The largest absolute Gasteiger partial charge is 0.384 e. The van der Waals surface area contributed by atoms with Gasteiger partial charge < -0.3 is 10.5 Å². The first kappa shape index (κ1) is 14.2. The molecule has 2 N–H and O–H groups in total. The number of hydrogen-bond acceptors (Lipinski definition) is 3. The van der Waals surface area contributed by atoms with Crippen molar-refractivity contribution in [1.29, 1.82) is 0 Å². The highest BCUT2D eigenvalue weighted by atomic mass is 16.5. The molecule has 2 atom stereocenters. The Bertz CT molecular complexity index is 302. The second kappa shape index (κ2) is 7.43. The van der Waals surface area contributed by atoms with Gasteiger partial charge in [0.1, 0.15) is 0 Å². The van der Waals surface area contributed by atoms with Gasteiger partial charge in [-0.25, -0.2) is 0 Å². The van der Waals surface area contributed by atoms with Gasteiger partial charge in [0, 0.05) is 26.2 Å². The van der Waals surface area contributed by atoms with Crippen LogP contribution in [0.2, 0.25) is 0 Å². The molecule has 0 radical (unpaired) electrons. The highest BCUT2D eigenvalue weighted by molar-refractivity contribution is 5.14. The molecule has 3 heteroatoms. The molecule has 0 saturated heterocycles. The molecule has 2 unspecified atom stereocenters. The molecule has 0 aromatic heterocycles. The maximum absolute atomic E-state index is 5.86. The molecular formula is C14H24N2O. The highest BCUT2D eigenvalue weighted by Gasteiger charge is 2.20. The molecule has 0 aliphatic carbocycles. The van der Waals surface area contributed by atoms with Gasteiger partial charge in [-0.15, -0.1) is 0 Å². The van der Waals surface area contributed by atoms with Crippen LogP contribution in [0.3, 0.4) is 0 Å². The van der Waals surface area contributed by atoms with E-state index in [9.17, 15) is 0 Å². The van der Waals surface area contributed by atoms with Crippen molar-refractivity contribution in [2.24, 2.45) is 11.7 Å². The molecule has 0 amide bonds. The number of ether oxygens (including phenoxy) is 1. The van der Waals surface area contributed by atoms with Crippen LogP contribution in [-0.2, 0) is 11.3 Å². The van der Waals surface area contributed by atoms with Crippen LogP contribution in [-0.4, -0.2) is 38.3 Å². The van der Waals surface area contributed by atoms with Crippen LogP contribution in [0.1, 0.15) is 12.5 Å². The highest BCUT2D eigenvalue weighted by Crippen LogP contribution is 2.12. The lowest BCUT2D eigenvalue weighted by Gasteiger charge is -2.31. The lowest BCUT2D eigenvalue weighted by atomic mass is 10.0. The van der Waals surface area contributed by atoms with E-state index in [1.165, 1.54) is 5.56 Å². The van der Waals surface area contributed by atoms with Crippen molar-refractivity contribution >= 4 is 0 Å². The summed E-state index contributed by atoms with van der Waals surface area (Å²) >= 11 is 0. The fourth-order valence-corrected chi connectivity index (χ4v) is 2.21. The van der Waals surface area contributed by atoms with Crippen molar-refractivity contribution in [3.8, 4) is 0 Å². The molecule has 0 aliphatic rings. The molecule has 1 aromatic rings. The Balaban J connectivity index is 2.57. The van der Waals surface area contributed by atoms with E-state index >= 15 is 0 Å². The molecular weight excluding hydrogens is 212 g/mol. The van der Waals surface area contributed by atoms with E-state index in [1.807, 2.05) is 6.07 Å². The summed E-state index contributed by atoms with van der Waals surface area (Å²) in [4.78, 5) is 2.30. The van der Waals surface area contributed by atoms with Gasteiger partial charge in [0.05, 0.1) is 6.61 Å². The van der Waals surface area contributed by atoms with Crippen molar-refractivity contribution < 1.29 is 4.74 Å². The van der Waals surface area contributed by atoms with E-state index in [1.54, 1.807) is 7.11 Å². The van der Waals surface area contributed by atoms with Crippen molar-refractivity contribution in [2.45, 2.75) is 19.5 Å². The molecule has 1 rings (SSSR count). The van der Waals surface area contributed by atoms with Crippen LogP contribution < -0.4 is 5.73 Å². The number of methoxy groups -OCH3 is 1. The lowest BCUT2D eigenvalue weighted by molar-refractivity contribution is 0.0953. The topological polar surface area (TPSA) is 38.5 Å². The van der Waals surface area contributed by atoms with Crippen molar-refractivity contribution in [3.63, 3.8) is 0 Å². The van der Waals surface area contributed by atoms with Gasteiger partial charge >= 0.3 is 0 Å². The normalized spacial score (nSPS) is 14.9. The average Bonchev–Trinajstić information content (AvgIpc) is 2.31. The first-order valence-corrected chi connectivity index (χ1v) is 6.12. The summed E-state index contributed by atoms with van der Waals surface area (Å²) in [5.74, 6) is 0.443. The van der Waals surface area contributed by atoms with E-state index < -0.39 is 0 Å². The molecule has 0 bridgehead atoms. The zero-order valence-electron chi connectivity index (χ0n) is 11.1. The molecule has 0 aliphatic heterocycles. The monoisotopic (exact) mass is 236 g/mol. The van der Waals surface area contributed by atoms with E-state index in [0.717, 1.165) is 13.2 Å². The number of hydrogen-bond donors (Lipinski definition) is 1. The third-order valence-corrected chi connectivity index (χ3v) is 3.17. The van der Waals surface area contributed by atoms with Gasteiger partial charge in [-0.05, 0) is 18.5 Å². The number of nitrogens with two attached hydrogens (primary N) is 1. The van der Waals surface area contributed by atoms with E-state index in [0.29, 0.717) is 18.5 Å². The minimum Gasteiger partial charge on any atom is -0.384 e. The second-order valence-electron chi connectivity index (χ2n) is 4.64. The fourth-order valence-electron chi connectivity index (χ4n) is 2.21. The maximum Gasteiger partial charge on any atom is 0.0503 e. The molecule has 1 aromatic carbocycles. The Morgan fingerprint density at radius 1 is 1.29 bits per heavy atom. The molecule has 3 nitrogen and oxygen atoms in total. The van der Waals surface area contributed by atoms with Crippen LogP contribution >= 0.6 is 0 Å².